The van der Waals surface area contributed by atoms with Crippen LogP contribution in [0.25, 0.3) is 0 Å². The van der Waals surface area contributed by atoms with Gasteiger partial charge in [-0.25, -0.2) is 15.0 Å². The highest BCUT2D eigenvalue weighted by atomic mass is 35.5. The van der Waals surface area contributed by atoms with Crippen molar-refractivity contribution in [3.8, 4) is 0 Å². The molecular weight excluding hydrogens is 277 g/mol. The molecule has 0 aliphatic heterocycles. The summed E-state index contributed by atoms with van der Waals surface area (Å²) in [6, 6.07) is 3.59. The molecule has 2 aromatic rings. The summed E-state index contributed by atoms with van der Waals surface area (Å²) in [5.41, 5.74) is 0.917. The fourth-order valence-electron chi connectivity index (χ4n) is 1.30. The summed E-state index contributed by atoms with van der Waals surface area (Å²) in [4.78, 5) is 12.4. The molecule has 0 spiro atoms. The summed E-state index contributed by atoms with van der Waals surface area (Å²) in [5, 5.41) is 2.61. The van der Waals surface area contributed by atoms with Crippen molar-refractivity contribution < 1.29 is 0 Å². The van der Waals surface area contributed by atoms with Crippen LogP contribution in [0.4, 0.5) is 0 Å². The number of hydrogen-bond acceptors (Lipinski definition) is 4. The Morgan fingerprint density at radius 1 is 1.18 bits per heavy atom. The molecule has 2 heterocycles. The van der Waals surface area contributed by atoms with E-state index in [1.165, 1.54) is 18.1 Å². The van der Waals surface area contributed by atoms with E-state index in [1.807, 2.05) is 6.92 Å². The van der Waals surface area contributed by atoms with Crippen molar-refractivity contribution in [2.24, 2.45) is 0 Å². The molecule has 0 saturated heterocycles. The van der Waals surface area contributed by atoms with Crippen LogP contribution in [-0.4, -0.2) is 15.0 Å². The topological polar surface area (TPSA) is 38.7 Å². The molecule has 88 valence electrons. The first kappa shape index (κ1) is 12.6. The predicted octanol–water partition coefficient (Wildman–Crippen LogP) is 3.89. The van der Waals surface area contributed by atoms with Crippen LogP contribution in [0.3, 0.4) is 0 Å². The van der Waals surface area contributed by atoms with E-state index in [1.54, 1.807) is 18.3 Å². The van der Waals surface area contributed by atoms with Gasteiger partial charge in [0.15, 0.2) is 0 Å². The van der Waals surface area contributed by atoms with Crippen LogP contribution in [-0.2, 0) is 6.42 Å². The summed E-state index contributed by atoms with van der Waals surface area (Å²) in [7, 11) is 0. The molecule has 17 heavy (non-hydrogen) atoms. The molecule has 0 aliphatic carbocycles. The molecule has 0 radical (unpaired) electrons. The Morgan fingerprint density at radius 2 is 2.00 bits per heavy atom. The van der Waals surface area contributed by atoms with Crippen LogP contribution in [0.1, 0.15) is 12.5 Å². The van der Waals surface area contributed by atoms with Gasteiger partial charge in [-0.1, -0.05) is 30.1 Å². The summed E-state index contributed by atoms with van der Waals surface area (Å²) in [5.74, 6) is 0. The smallest absolute Gasteiger partial charge is 0.136 e. The standard InChI is InChI=1S/C11H9Cl2N3S/c1-2-7-9(13)15-6-16-10(7)17-11-8(12)4-3-5-14-11/h3-6H,2H2,1H3. The Hall–Kier alpha value is -0.840. The average molecular weight is 286 g/mol. The van der Waals surface area contributed by atoms with Crippen LogP contribution in [0.15, 0.2) is 34.7 Å². The third-order valence-electron chi connectivity index (χ3n) is 2.12. The molecule has 0 fully saturated rings. The van der Waals surface area contributed by atoms with E-state index in [4.69, 9.17) is 23.2 Å². The summed E-state index contributed by atoms with van der Waals surface area (Å²) < 4.78 is 0. The Labute approximate surface area is 114 Å². The second kappa shape index (κ2) is 5.67. The number of rotatable bonds is 3. The van der Waals surface area contributed by atoms with Crippen LogP contribution >= 0.6 is 35.0 Å². The first-order valence-corrected chi connectivity index (χ1v) is 6.57. The SMILES string of the molecule is CCc1c(Cl)ncnc1Sc1ncccc1Cl. The fourth-order valence-corrected chi connectivity index (χ4v) is 2.79. The second-order valence-electron chi connectivity index (χ2n) is 3.19. The predicted molar refractivity (Wildman–Crippen MR) is 69.8 cm³/mol. The van der Waals surface area contributed by atoms with Crippen LogP contribution in [0, 0.1) is 0 Å². The highest BCUT2D eigenvalue weighted by Crippen LogP contribution is 2.33. The Morgan fingerprint density at radius 3 is 2.71 bits per heavy atom. The lowest BCUT2D eigenvalue weighted by Crippen LogP contribution is -1.94. The lowest BCUT2D eigenvalue weighted by molar-refractivity contribution is 0.941. The highest BCUT2D eigenvalue weighted by molar-refractivity contribution is 7.99. The largest absolute Gasteiger partial charge is 0.248 e. The first-order chi connectivity index (χ1) is 8.22. The number of hydrogen-bond donors (Lipinski definition) is 0. The normalized spacial score (nSPS) is 10.5. The maximum absolute atomic E-state index is 6.05. The lowest BCUT2D eigenvalue weighted by atomic mass is 10.3. The molecule has 0 saturated carbocycles. The fraction of sp³-hybridized carbons (Fsp3) is 0.182. The minimum absolute atomic E-state index is 0.483. The van der Waals surface area contributed by atoms with Gasteiger partial charge >= 0.3 is 0 Å². The van der Waals surface area contributed by atoms with Crippen molar-refractivity contribution in [1.82, 2.24) is 15.0 Å². The van der Waals surface area contributed by atoms with E-state index in [9.17, 15) is 0 Å². The molecule has 0 N–H and O–H groups in total. The van der Waals surface area contributed by atoms with Gasteiger partial charge in [0.2, 0.25) is 0 Å². The van der Waals surface area contributed by atoms with Crippen molar-refractivity contribution >= 4 is 35.0 Å². The molecule has 3 nitrogen and oxygen atoms in total. The van der Waals surface area contributed by atoms with Gasteiger partial charge in [-0.15, -0.1) is 0 Å². The Kier molecular flexibility index (Phi) is 4.20. The summed E-state index contributed by atoms with van der Waals surface area (Å²) >= 11 is 13.5. The minimum atomic E-state index is 0.483. The third-order valence-corrected chi connectivity index (χ3v) is 3.93. The number of nitrogens with zero attached hydrogens (tertiary/aromatic N) is 3. The zero-order valence-electron chi connectivity index (χ0n) is 9.02. The Balaban J connectivity index is 2.37. The van der Waals surface area contributed by atoms with Crippen LogP contribution in [0.2, 0.25) is 10.2 Å². The molecule has 0 bridgehead atoms. The van der Waals surface area contributed by atoms with Crippen molar-refractivity contribution in [2.75, 3.05) is 0 Å². The highest BCUT2D eigenvalue weighted by Gasteiger charge is 2.11. The van der Waals surface area contributed by atoms with Gasteiger partial charge in [-0.2, -0.15) is 0 Å². The third kappa shape index (κ3) is 2.89. The van der Waals surface area contributed by atoms with Crippen molar-refractivity contribution in [3.05, 3.63) is 40.4 Å². The quantitative estimate of drug-likeness (QED) is 0.802. The Bertz CT molecular complexity index is 534. The zero-order valence-corrected chi connectivity index (χ0v) is 11.4. The lowest BCUT2D eigenvalue weighted by Gasteiger charge is -2.07. The molecule has 0 aromatic carbocycles. The van der Waals surface area contributed by atoms with E-state index in [0.717, 1.165) is 22.0 Å². The zero-order chi connectivity index (χ0) is 12.3. The summed E-state index contributed by atoms with van der Waals surface area (Å²) in [6.45, 7) is 2.01. The molecule has 2 rings (SSSR count). The van der Waals surface area contributed by atoms with E-state index in [-0.39, 0.29) is 0 Å². The monoisotopic (exact) mass is 285 g/mol. The molecule has 0 amide bonds. The van der Waals surface area contributed by atoms with Gasteiger partial charge in [-0.05, 0) is 30.3 Å². The van der Waals surface area contributed by atoms with Crippen LogP contribution in [0.5, 0.6) is 0 Å². The number of halogens is 2. The van der Waals surface area contributed by atoms with Gasteiger partial charge in [-0.3, -0.25) is 0 Å². The van der Waals surface area contributed by atoms with E-state index < -0.39 is 0 Å². The molecule has 0 unspecified atom stereocenters. The van der Waals surface area contributed by atoms with Gasteiger partial charge in [0.05, 0.1) is 5.02 Å². The minimum Gasteiger partial charge on any atom is -0.248 e. The molecule has 0 atom stereocenters. The number of aromatic nitrogens is 3. The molecular formula is C11H9Cl2N3S. The average Bonchev–Trinajstić information content (AvgIpc) is 2.32. The van der Waals surface area contributed by atoms with Crippen LogP contribution < -0.4 is 0 Å². The maximum Gasteiger partial charge on any atom is 0.136 e. The van der Waals surface area contributed by atoms with Crippen molar-refractivity contribution in [2.45, 2.75) is 23.4 Å². The van der Waals surface area contributed by atoms with E-state index in [0.29, 0.717) is 10.2 Å². The van der Waals surface area contributed by atoms with Gasteiger partial charge in [0, 0.05) is 11.8 Å². The molecule has 0 aliphatic rings. The van der Waals surface area contributed by atoms with E-state index >= 15 is 0 Å². The van der Waals surface area contributed by atoms with Crippen molar-refractivity contribution in [3.63, 3.8) is 0 Å². The van der Waals surface area contributed by atoms with Crippen molar-refractivity contribution in [1.29, 1.82) is 0 Å². The molecule has 2 aromatic heterocycles. The second-order valence-corrected chi connectivity index (χ2v) is 4.94. The van der Waals surface area contributed by atoms with Gasteiger partial charge < -0.3 is 0 Å². The van der Waals surface area contributed by atoms with Gasteiger partial charge in [0.1, 0.15) is 21.5 Å². The summed E-state index contributed by atoms with van der Waals surface area (Å²) in [6.07, 6.45) is 3.91. The maximum atomic E-state index is 6.05. The first-order valence-electron chi connectivity index (χ1n) is 5.00. The number of pyridine rings is 1. The van der Waals surface area contributed by atoms with E-state index in [2.05, 4.69) is 15.0 Å². The van der Waals surface area contributed by atoms with Gasteiger partial charge in [0.25, 0.3) is 0 Å². The molecule has 6 heteroatoms.